The molecule has 9 heteroatoms. The summed E-state index contributed by atoms with van der Waals surface area (Å²) in [6.07, 6.45) is 4.75. The second kappa shape index (κ2) is 9.84. The van der Waals surface area contributed by atoms with Gasteiger partial charge in [0.05, 0.1) is 16.2 Å². The van der Waals surface area contributed by atoms with Crippen LogP contribution >= 0.6 is 34.4 Å². The van der Waals surface area contributed by atoms with Crippen LogP contribution < -0.4 is 5.32 Å². The molecule has 0 saturated carbocycles. The van der Waals surface area contributed by atoms with Crippen molar-refractivity contribution in [1.82, 2.24) is 14.8 Å². The van der Waals surface area contributed by atoms with Crippen LogP contribution in [-0.4, -0.2) is 26.4 Å². The summed E-state index contributed by atoms with van der Waals surface area (Å²) < 4.78 is 1.97. The molecule has 1 amide bonds. The predicted molar refractivity (Wildman–Crippen MR) is 137 cm³/mol. The molecule has 3 aromatic heterocycles. The quantitative estimate of drug-likeness (QED) is 0.319. The first-order chi connectivity index (χ1) is 15.8. The Morgan fingerprint density at radius 3 is 2.94 bits per heavy atom. The highest BCUT2D eigenvalue weighted by atomic mass is 32.2. The fraction of sp³-hybridized carbons (Fsp3) is 0.417. The van der Waals surface area contributed by atoms with Gasteiger partial charge < -0.3 is 5.32 Å². The van der Waals surface area contributed by atoms with E-state index in [1.54, 1.807) is 28.7 Å². The lowest BCUT2D eigenvalue weighted by atomic mass is 9.72. The number of allylic oxidation sites excluding steroid dienone is 1. The van der Waals surface area contributed by atoms with Gasteiger partial charge in [0, 0.05) is 11.4 Å². The Morgan fingerprint density at radius 1 is 1.45 bits per heavy atom. The number of carbonyl (C=O) groups excluding carboxylic acids is 1. The van der Waals surface area contributed by atoms with Crippen molar-refractivity contribution in [3.8, 4) is 16.8 Å². The van der Waals surface area contributed by atoms with Crippen molar-refractivity contribution in [2.24, 2.45) is 11.3 Å². The molecule has 172 valence electrons. The number of nitrogens with one attached hydrogen (secondary N) is 1. The summed E-state index contributed by atoms with van der Waals surface area (Å²) in [7, 11) is 0. The second-order valence-corrected chi connectivity index (χ2v) is 12.1. The fourth-order valence-corrected chi connectivity index (χ4v) is 6.86. The van der Waals surface area contributed by atoms with Crippen LogP contribution in [0.3, 0.4) is 0 Å². The van der Waals surface area contributed by atoms with Gasteiger partial charge in [0.15, 0.2) is 11.0 Å². The number of thiophene rings is 2. The maximum absolute atomic E-state index is 12.8. The number of anilines is 1. The zero-order valence-corrected chi connectivity index (χ0v) is 21.5. The van der Waals surface area contributed by atoms with Crippen LogP contribution in [0.5, 0.6) is 0 Å². The molecule has 1 atom stereocenters. The van der Waals surface area contributed by atoms with Crippen molar-refractivity contribution in [3.05, 3.63) is 46.2 Å². The third-order valence-corrected chi connectivity index (χ3v) is 8.96. The molecule has 1 N–H and O–H groups in total. The van der Waals surface area contributed by atoms with Gasteiger partial charge in [0.1, 0.15) is 11.1 Å². The molecule has 1 aliphatic rings. The van der Waals surface area contributed by atoms with Gasteiger partial charge in [0.2, 0.25) is 5.91 Å². The SMILES string of the molecule is C=CCn1c(SCC(=O)Nc2sc3c(c2C#N)CCC(C(C)(C)C)C3)nnc1-c1cccs1. The number of hydrogen-bond acceptors (Lipinski definition) is 7. The van der Waals surface area contributed by atoms with Crippen LogP contribution in [-0.2, 0) is 24.2 Å². The van der Waals surface area contributed by atoms with Gasteiger partial charge in [-0.3, -0.25) is 9.36 Å². The number of amides is 1. The standard InChI is InChI=1S/C24H27N5OS3/c1-5-10-29-21(18-7-6-11-31-18)27-28-23(29)32-14-20(30)26-22-17(13-25)16-9-8-15(24(2,3)4)12-19(16)33-22/h5-7,11,15H,1,8-10,12,14H2,2-4H3,(H,26,30). The van der Waals surface area contributed by atoms with Crippen LogP contribution in [0, 0.1) is 22.7 Å². The molecule has 0 spiro atoms. The van der Waals surface area contributed by atoms with E-state index < -0.39 is 0 Å². The zero-order chi connectivity index (χ0) is 23.6. The van der Waals surface area contributed by atoms with E-state index in [1.807, 2.05) is 22.1 Å². The lowest BCUT2D eigenvalue weighted by molar-refractivity contribution is -0.113. The molecule has 0 aromatic carbocycles. The Morgan fingerprint density at radius 2 is 2.27 bits per heavy atom. The number of rotatable bonds is 7. The van der Waals surface area contributed by atoms with Crippen molar-refractivity contribution < 1.29 is 4.79 Å². The molecule has 33 heavy (non-hydrogen) atoms. The van der Waals surface area contributed by atoms with Crippen LogP contribution in [0.1, 0.15) is 43.2 Å². The fourth-order valence-electron chi connectivity index (χ4n) is 4.10. The predicted octanol–water partition coefficient (Wildman–Crippen LogP) is 6.01. The molecule has 0 fully saturated rings. The maximum Gasteiger partial charge on any atom is 0.235 e. The van der Waals surface area contributed by atoms with Gasteiger partial charge in [-0.2, -0.15) is 5.26 Å². The van der Waals surface area contributed by atoms with Gasteiger partial charge in [0.25, 0.3) is 0 Å². The maximum atomic E-state index is 12.8. The number of thioether (sulfide) groups is 1. The summed E-state index contributed by atoms with van der Waals surface area (Å²) in [6, 6.07) is 6.31. The summed E-state index contributed by atoms with van der Waals surface area (Å²) in [5.74, 6) is 1.41. The molecule has 1 unspecified atom stereocenters. The van der Waals surface area contributed by atoms with Gasteiger partial charge in [-0.05, 0) is 47.6 Å². The molecule has 3 heterocycles. The molecule has 0 radical (unpaired) electrons. The lowest BCUT2D eigenvalue weighted by Gasteiger charge is -2.33. The van der Waals surface area contributed by atoms with E-state index in [1.165, 1.54) is 16.6 Å². The van der Waals surface area contributed by atoms with Gasteiger partial charge in [-0.1, -0.05) is 44.7 Å². The molecule has 0 bridgehead atoms. The molecular weight excluding hydrogens is 470 g/mol. The van der Waals surface area contributed by atoms with Crippen molar-refractivity contribution in [3.63, 3.8) is 0 Å². The van der Waals surface area contributed by atoms with Crippen molar-refractivity contribution in [2.45, 2.75) is 51.7 Å². The first kappa shape index (κ1) is 23.7. The van der Waals surface area contributed by atoms with E-state index >= 15 is 0 Å². The normalized spacial score (nSPS) is 15.6. The summed E-state index contributed by atoms with van der Waals surface area (Å²) >= 11 is 4.50. The number of nitrogens with zero attached hydrogens (tertiary/aromatic N) is 4. The average Bonchev–Trinajstić information content (AvgIpc) is 3.49. The number of carbonyl (C=O) groups is 1. The van der Waals surface area contributed by atoms with Crippen molar-refractivity contribution >= 4 is 45.3 Å². The van der Waals surface area contributed by atoms with Crippen LogP contribution in [0.15, 0.2) is 35.3 Å². The Hall–Kier alpha value is -2.41. The van der Waals surface area contributed by atoms with Gasteiger partial charge >= 0.3 is 0 Å². The number of fused-ring (bicyclic) bond motifs is 1. The average molecular weight is 498 g/mol. The van der Waals surface area contributed by atoms with Crippen molar-refractivity contribution in [1.29, 1.82) is 5.26 Å². The molecular formula is C24H27N5OS3. The summed E-state index contributed by atoms with van der Waals surface area (Å²) in [4.78, 5) is 15.1. The minimum absolute atomic E-state index is 0.145. The minimum atomic E-state index is -0.145. The van der Waals surface area contributed by atoms with E-state index in [0.29, 0.717) is 28.2 Å². The first-order valence-corrected chi connectivity index (χ1v) is 13.5. The largest absolute Gasteiger partial charge is 0.316 e. The van der Waals surface area contributed by atoms with E-state index in [4.69, 9.17) is 0 Å². The van der Waals surface area contributed by atoms with E-state index in [0.717, 1.165) is 35.5 Å². The number of aromatic nitrogens is 3. The van der Waals surface area contributed by atoms with Gasteiger partial charge in [-0.15, -0.1) is 39.4 Å². The topological polar surface area (TPSA) is 83.6 Å². The third-order valence-electron chi connectivity index (χ3n) is 5.96. The molecule has 1 aliphatic carbocycles. The monoisotopic (exact) mass is 497 g/mol. The van der Waals surface area contributed by atoms with E-state index in [2.05, 4.69) is 48.9 Å². The minimum Gasteiger partial charge on any atom is -0.316 e. The highest BCUT2D eigenvalue weighted by Crippen LogP contribution is 2.44. The molecule has 6 nitrogen and oxygen atoms in total. The van der Waals surface area contributed by atoms with E-state index in [9.17, 15) is 10.1 Å². The van der Waals surface area contributed by atoms with Crippen LogP contribution in [0.4, 0.5) is 5.00 Å². The Balaban J connectivity index is 1.46. The second-order valence-electron chi connectivity index (χ2n) is 9.15. The highest BCUT2D eigenvalue weighted by molar-refractivity contribution is 7.99. The summed E-state index contributed by atoms with van der Waals surface area (Å²) in [6.45, 7) is 11.2. The highest BCUT2D eigenvalue weighted by Gasteiger charge is 2.32. The molecule has 3 aromatic rings. The Bertz CT molecular complexity index is 1190. The van der Waals surface area contributed by atoms with Gasteiger partial charge in [-0.25, -0.2) is 0 Å². The van der Waals surface area contributed by atoms with Crippen molar-refractivity contribution in [2.75, 3.05) is 11.1 Å². The number of hydrogen-bond donors (Lipinski definition) is 1. The van der Waals surface area contributed by atoms with E-state index in [-0.39, 0.29) is 17.1 Å². The zero-order valence-electron chi connectivity index (χ0n) is 19.1. The summed E-state index contributed by atoms with van der Waals surface area (Å²) in [5, 5.41) is 24.7. The smallest absolute Gasteiger partial charge is 0.235 e. The lowest BCUT2D eigenvalue weighted by Crippen LogP contribution is -2.26. The number of nitriles is 1. The summed E-state index contributed by atoms with van der Waals surface area (Å²) in [5.41, 5.74) is 1.99. The Kier molecular flexibility index (Phi) is 7.07. The molecule has 0 aliphatic heterocycles. The van der Waals surface area contributed by atoms with Crippen LogP contribution in [0.25, 0.3) is 10.7 Å². The van der Waals surface area contributed by atoms with Crippen LogP contribution in [0.2, 0.25) is 0 Å². The third kappa shape index (κ3) is 5.08. The molecule has 0 saturated heterocycles. The first-order valence-electron chi connectivity index (χ1n) is 10.9. The molecule has 4 rings (SSSR count). The Labute approximate surface area is 206 Å².